The molecular weight excluding hydrogens is 366 g/mol. The van der Waals surface area contributed by atoms with Crippen molar-refractivity contribution in [3.8, 4) is 5.75 Å². The van der Waals surface area contributed by atoms with Gasteiger partial charge in [-0.15, -0.1) is 11.3 Å². The Morgan fingerprint density at radius 3 is 2.91 bits per heavy atom. The first-order valence-electron chi connectivity index (χ1n) is 6.46. The molecule has 5 nitrogen and oxygen atoms in total. The molecule has 0 aliphatic rings. The average Bonchev–Trinajstić information content (AvgIpc) is 2.87. The second-order valence-corrected chi connectivity index (χ2v) is 6.45. The van der Waals surface area contributed by atoms with E-state index in [1.807, 2.05) is 12.1 Å². The van der Waals surface area contributed by atoms with Gasteiger partial charge in [0.15, 0.2) is 0 Å². The third-order valence-corrected chi connectivity index (χ3v) is 5.32. The molecular formula is C15H12BrN3O2S. The lowest BCUT2D eigenvalue weighted by Crippen LogP contribution is -2.11. The summed E-state index contributed by atoms with van der Waals surface area (Å²) in [6.45, 7) is 0.329. The van der Waals surface area contributed by atoms with Gasteiger partial charge in [-0.1, -0.05) is 6.07 Å². The minimum absolute atomic E-state index is 0.00772. The molecule has 0 atom stereocenters. The molecule has 1 amide bonds. The van der Waals surface area contributed by atoms with Crippen LogP contribution in [0.5, 0.6) is 5.75 Å². The Balaban J connectivity index is 1.92. The molecule has 1 aromatic carbocycles. The minimum atomic E-state index is -0.300. The number of pyridine rings is 1. The molecule has 7 heteroatoms. The van der Waals surface area contributed by atoms with Gasteiger partial charge in [-0.3, -0.25) is 9.78 Å². The van der Waals surface area contributed by atoms with Crippen molar-refractivity contribution in [1.29, 1.82) is 0 Å². The molecule has 0 fully saturated rings. The van der Waals surface area contributed by atoms with Gasteiger partial charge in [-0.2, -0.15) is 0 Å². The van der Waals surface area contributed by atoms with E-state index in [1.54, 1.807) is 18.3 Å². The molecule has 0 aliphatic carbocycles. The van der Waals surface area contributed by atoms with Gasteiger partial charge in [-0.05, 0) is 45.8 Å². The first-order valence-corrected chi connectivity index (χ1v) is 8.07. The highest BCUT2D eigenvalue weighted by molar-refractivity contribution is 9.10. The van der Waals surface area contributed by atoms with Crippen LogP contribution in [0.4, 0.5) is 5.69 Å². The fraction of sp³-hybridized carbons (Fsp3) is 0.0667. The molecule has 3 rings (SSSR count). The second kappa shape index (κ2) is 6.04. The van der Waals surface area contributed by atoms with Gasteiger partial charge in [0.05, 0.1) is 20.4 Å². The van der Waals surface area contributed by atoms with Crippen molar-refractivity contribution in [2.45, 2.75) is 6.54 Å². The lowest BCUT2D eigenvalue weighted by atomic mass is 10.2. The minimum Gasteiger partial charge on any atom is -0.506 e. The molecule has 112 valence electrons. The Morgan fingerprint density at radius 2 is 2.23 bits per heavy atom. The summed E-state index contributed by atoms with van der Waals surface area (Å²) >= 11 is 4.76. The quantitative estimate of drug-likeness (QED) is 0.609. The second-order valence-electron chi connectivity index (χ2n) is 4.61. The van der Waals surface area contributed by atoms with Crippen molar-refractivity contribution in [2.75, 3.05) is 5.32 Å². The van der Waals surface area contributed by atoms with E-state index >= 15 is 0 Å². The maximum absolute atomic E-state index is 12.4. The van der Waals surface area contributed by atoms with E-state index in [0.717, 1.165) is 15.8 Å². The Kier molecular flexibility index (Phi) is 4.10. The van der Waals surface area contributed by atoms with Crippen LogP contribution < -0.4 is 11.1 Å². The van der Waals surface area contributed by atoms with Crippen LogP contribution in [-0.4, -0.2) is 16.0 Å². The first-order chi connectivity index (χ1) is 10.6. The predicted molar refractivity (Wildman–Crippen MR) is 91.3 cm³/mol. The van der Waals surface area contributed by atoms with Gasteiger partial charge in [0.2, 0.25) is 0 Å². The third kappa shape index (κ3) is 2.70. The lowest BCUT2D eigenvalue weighted by Gasteiger charge is -2.08. The maximum atomic E-state index is 12.4. The molecule has 0 saturated heterocycles. The van der Waals surface area contributed by atoms with Crippen molar-refractivity contribution in [1.82, 2.24) is 4.98 Å². The summed E-state index contributed by atoms with van der Waals surface area (Å²) in [6.07, 6.45) is 1.68. The number of amides is 1. The zero-order chi connectivity index (χ0) is 15.7. The Labute approximate surface area is 138 Å². The van der Waals surface area contributed by atoms with Crippen LogP contribution in [0, 0.1) is 0 Å². The molecule has 2 heterocycles. The van der Waals surface area contributed by atoms with E-state index in [2.05, 4.69) is 26.2 Å². The van der Waals surface area contributed by atoms with Crippen molar-refractivity contribution >= 4 is 49.1 Å². The number of aromatic nitrogens is 1. The summed E-state index contributed by atoms with van der Waals surface area (Å²) in [6, 6.07) is 8.66. The average molecular weight is 378 g/mol. The normalized spacial score (nSPS) is 10.8. The number of aromatic hydroxyl groups is 1. The highest BCUT2D eigenvalue weighted by Crippen LogP contribution is 2.35. The summed E-state index contributed by atoms with van der Waals surface area (Å²) in [7, 11) is 0. The van der Waals surface area contributed by atoms with Crippen molar-refractivity contribution in [3.05, 3.63) is 51.4 Å². The molecule has 0 unspecified atom stereocenters. The standard InChI is InChI=1S/C15H12BrN3O2S/c16-12-13-11(2-1-5-18-13)22-14(12)15(21)19-9-4-3-8(7-17)6-10(9)20/h1-6,20H,7,17H2,(H,19,21). The van der Waals surface area contributed by atoms with E-state index in [9.17, 15) is 9.90 Å². The van der Waals surface area contributed by atoms with Crippen LogP contribution >= 0.6 is 27.3 Å². The van der Waals surface area contributed by atoms with Crippen LogP contribution in [-0.2, 0) is 6.54 Å². The number of benzene rings is 1. The fourth-order valence-electron chi connectivity index (χ4n) is 2.04. The number of fused-ring (bicyclic) bond motifs is 1. The Morgan fingerprint density at radius 1 is 1.41 bits per heavy atom. The van der Waals surface area contributed by atoms with E-state index in [4.69, 9.17) is 5.73 Å². The first kappa shape index (κ1) is 15.0. The lowest BCUT2D eigenvalue weighted by molar-refractivity contribution is 0.102. The van der Waals surface area contributed by atoms with E-state index in [1.165, 1.54) is 17.4 Å². The molecule has 0 bridgehead atoms. The molecule has 0 radical (unpaired) electrons. The van der Waals surface area contributed by atoms with Gasteiger partial charge in [0.25, 0.3) is 5.91 Å². The summed E-state index contributed by atoms with van der Waals surface area (Å²) in [5.74, 6) is -0.308. The number of carbonyl (C=O) groups is 1. The van der Waals surface area contributed by atoms with Crippen LogP contribution in [0.15, 0.2) is 41.0 Å². The number of carbonyl (C=O) groups excluding carboxylic acids is 1. The molecule has 3 aromatic rings. The Hall–Kier alpha value is -1.96. The van der Waals surface area contributed by atoms with E-state index < -0.39 is 0 Å². The molecule has 2 aromatic heterocycles. The fourth-order valence-corrected chi connectivity index (χ4v) is 3.85. The molecule has 0 aliphatic heterocycles. The van der Waals surface area contributed by atoms with Crippen molar-refractivity contribution < 1.29 is 9.90 Å². The number of hydrogen-bond acceptors (Lipinski definition) is 5. The number of nitrogens with two attached hydrogens (primary N) is 1. The Bertz CT molecular complexity index is 863. The molecule has 4 N–H and O–H groups in total. The highest BCUT2D eigenvalue weighted by Gasteiger charge is 2.18. The molecule has 0 spiro atoms. The summed E-state index contributed by atoms with van der Waals surface area (Å²) in [4.78, 5) is 17.2. The van der Waals surface area contributed by atoms with Gasteiger partial charge in [-0.25, -0.2) is 0 Å². The smallest absolute Gasteiger partial charge is 0.267 e. The van der Waals surface area contributed by atoms with Crippen molar-refractivity contribution in [3.63, 3.8) is 0 Å². The van der Waals surface area contributed by atoms with Crippen LogP contribution in [0.3, 0.4) is 0 Å². The third-order valence-electron chi connectivity index (χ3n) is 3.14. The molecule has 22 heavy (non-hydrogen) atoms. The number of thiophene rings is 1. The van der Waals surface area contributed by atoms with E-state index in [-0.39, 0.29) is 11.7 Å². The number of phenolic OH excluding ortho intramolecular Hbond substituents is 1. The number of anilines is 1. The monoisotopic (exact) mass is 377 g/mol. The predicted octanol–water partition coefficient (Wildman–Crippen LogP) is 3.48. The summed E-state index contributed by atoms with van der Waals surface area (Å²) < 4.78 is 1.57. The van der Waals surface area contributed by atoms with Crippen LogP contribution in [0.2, 0.25) is 0 Å². The van der Waals surface area contributed by atoms with Gasteiger partial charge < -0.3 is 16.2 Å². The van der Waals surface area contributed by atoms with Gasteiger partial charge >= 0.3 is 0 Å². The van der Waals surface area contributed by atoms with Crippen molar-refractivity contribution in [2.24, 2.45) is 5.73 Å². The summed E-state index contributed by atoms with van der Waals surface area (Å²) in [5.41, 5.74) is 7.41. The van der Waals surface area contributed by atoms with Gasteiger partial charge in [0, 0.05) is 12.7 Å². The molecule has 0 saturated carbocycles. The largest absolute Gasteiger partial charge is 0.506 e. The zero-order valence-electron chi connectivity index (χ0n) is 11.3. The highest BCUT2D eigenvalue weighted by atomic mass is 79.9. The number of hydrogen-bond donors (Lipinski definition) is 3. The topological polar surface area (TPSA) is 88.2 Å². The van der Waals surface area contributed by atoms with Crippen LogP contribution in [0.1, 0.15) is 15.2 Å². The number of phenols is 1. The van der Waals surface area contributed by atoms with Crippen LogP contribution in [0.25, 0.3) is 10.2 Å². The SMILES string of the molecule is NCc1ccc(NC(=O)c2sc3cccnc3c2Br)c(O)c1. The maximum Gasteiger partial charge on any atom is 0.267 e. The zero-order valence-corrected chi connectivity index (χ0v) is 13.7. The van der Waals surface area contributed by atoms with Gasteiger partial charge in [0.1, 0.15) is 10.6 Å². The number of rotatable bonds is 3. The number of nitrogens with one attached hydrogen (secondary N) is 1. The number of halogens is 1. The van der Waals surface area contributed by atoms with E-state index in [0.29, 0.717) is 21.6 Å². The summed E-state index contributed by atoms with van der Waals surface area (Å²) in [5, 5.41) is 12.6. The number of nitrogens with zero attached hydrogens (tertiary/aromatic N) is 1.